The van der Waals surface area contributed by atoms with Gasteiger partial charge in [-0.1, -0.05) is 6.42 Å². The summed E-state index contributed by atoms with van der Waals surface area (Å²) < 4.78 is 5.67. The number of hydrogen-bond donors (Lipinski definition) is 1. The highest BCUT2D eigenvalue weighted by molar-refractivity contribution is 5.77. The van der Waals surface area contributed by atoms with Crippen LogP contribution in [0.2, 0.25) is 0 Å². The molecule has 0 aromatic heterocycles. The van der Waals surface area contributed by atoms with Gasteiger partial charge in [0.25, 0.3) is 0 Å². The maximum atomic E-state index is 12.3. The number of amides is 1. The molecule has 138 valence electrons. The lowest BCUT2D eigenvalue weighted by Gasteiger charge is -2.42. The fourth-order valence-electron chi connectivity index (χ4n) is 4.14. The van der Waals surface area contributed by atoms with Crippen LogP contribution in [-0.2, 0) is 9.53 Å². The number of likely N-dealkylation sites (tertiary alicyclic amines) is 1. The molecule has 6 heteroatoms. The zero-order valence-corrected chi connectivity index (χ0v) is 15.2. The summed E-state index contributed by atoms with van der Waals surface area (Å²) in [7, 11) is 2.20. The highest BCUT2D eigenvalue weighted by atomic mass is 16.5. The van der Waals surface area contributed by atoms with Crippen LogP contribution in [0.1, 0.15) is 32.1 Å². The second-order valence-corrected chi connectivity index (χ2v) is 7.61. The molecule has 0 aromatic carbocycles. The first-order valence-electron chi connectivity index (χ1n) is 9.74. The lowest BCUT2D eigenvalue weighted by Crippen LogP contribution is -2.54. The Balaban J connectivity index is 1.31. The molecular weight excluding hydrogens is 304 g/mol. The predicted octanol–water partition coefficient (Wildman–Crippen LogP) is 0.384. The smallest absolute Gasteiger partial charge is 0.248 e. The van der Waals surface area contributed by atoms with Crippen LogP contribution in [0.15, 0.2) is 0 Å². The van der Waals surface area contributed by atoms with Crippen molar-refractivity contribution in [3.8, 4) is 0 Å². The molecule has 1 atom stereocenters. The van der Waals surface area contributed by atoms with Crippen LogP contribution in [0.25, 0.3) is 0 Å². The van der Waals surface area contributed by atoms with Crippen molar-refractivity contribution in [3.63, 3.8) is 0 Å². The van der Waals surface area contributed by atoms with E-state index in [1.54, 1.807) is 0 Å². The molecule has 3 aliphatic rings. The van der Waals surface area contributed by atoms with E-state index in [0.29, 0.717) is 18.7 Å². The lowest BCUT2D eigenvalue weighted by molar-refractivity contribution is -0.138. The van der Waals surface area contributed by atoms with Gasteiger partial charge in [0.1, 0.15) is 6.61 Å². The van der Waals surface area contributed by atoms with E-state index in [1.165, 1.54) is 45.2 Å². The van der Waals surface area contributed by atoms with E-state index >= 15 is 0 Å². The third-order valence-corrected chi connectivity index (χ3v) is 5.83. The molecule has 0 spiro atoms. The van der Waals surface area contributed by atoms with E-state index in [0.717, 1.165) is 32.7 Å². The number of hydrogen-bond acceptors (Lipinski definition) is 5. The van der Waals surface area contributed by atoms with Gasteiger partial charge < -0.3 is 19.9 Å². The van der Waals surface area contributed by atoms with E-state index in [4.69, 9.17) is 4.74 Å². The van der Waals surface area contributed by atoms with E-state index in [-0.39, 0.29) is 12.5 Å². The summed E-state index contributed by atoms with van der Waals surface area (Å²) in [6.45, 7) is 8.15. The quantitative estimate of drug-likeness (QED) is 0.786. The standard InChI is InChI=1S/C18H34N4O2/c1-20-8-5-17(6-9-20)21-10-12-22(13-11-21)18(23)15-24-14-16-4-2-3-7-19-16/h16-17,19H,2-15H2,1H3. The monoisotopic (exact) mass is 338 g/mol. The van der Waals surface area contributed by atoms with Crippen LogP contribution in [0.4, 0.5) is 0 Å². The fourth-order valence-corrected chi connectivity index (χ4v) is 4.14. The minimum absolute atomic E-state index is 0.161. The van der Waals surface area contributed by atoms with Crippen molar-refractivity contribution in [1.82, 2.24) is 20.0 Å². The molecule has 3 aliphatic heterocycles. The lowest BCUT2D eigenvalue weighted by atomic mass is 10.0. The fraction of sp³-hybridized carbons (Fsp3) is 0.944. The van der Waals surface area contributed by atoms with Crippen molar-refractivity contribution in [2.45, 2.75) is 44.2 Å². The van der Waals surface area contributed by atoms with E-state index in [1.807, 2.05) is 4.90 Å². The first-order chi connectivity index (χ1) is 11.7. The van der Waals surface area contributed by atoms with Crippen molar-refractivity contribution < 1.29 is 9.53 Å². The summed E-state index contributed by atoms with van der Waals surface area (Å²) >= 11 is 0. The molecule has 1 unspecified atom stereocenters. The second-order valence-electron chi connectivity index (χ2n) is 7.61. The van der Waals surface area contributed by atoms with Gasteiger partial charge in [0.05, 0.1) is 6.61 Å². The van der Waals surface area contributed by atoms with Gasteiger partial charge in [-0.05, 0) is 52.4 Å². The predicted molar refractivity (Wildman–Crippen MR) is 95.1 cm³/mol. The molecular formula is C18H34N4O2. The molecule has 6 nitrogen and oxygen atoms in total. The highest BCUT2D eigenvalue weighted by Gasteiger charge is 2.28. The van der Waals surface area contributed by atoms with Gasteiger partial charge in [0.2, 0.25) is 5.91 Å². The van der Waals surface area contributed by atoms with Crippen LogP contribution in [-0.4, -0.2) is 98.8 Å². The Hall–Kier alpha value is -0.690. The summed E-state index contributed by atoms with van der Waals surface area (Å²) in [5.74, 6) is 0.161. The summed E-state index contributed by atoms with van der Waals surface area (Å²) in [6.07, 6.45) is 6.23. The number of rotatable bonds is 5. The van der Waals surface area contributed by atoms with Crippen LogP contribution >= 0.6 is 0 Å². The number of carbonyl (C=O) groups is 1. The number of carbonyl (C=O) groups excluding carboxylic acids is 1. The molecule has 3 rings (SSSR count). The van der Waals surface area contributed by atoms with E-state index in [2.05, 4.69) is 22.2 Å². The average molecular weight is 338 g/mol. The van der Waals surface area contributed by atoms with Crippen molar-refractivity contribution >= 4 is 5.91 Å². The number of piperazine rings is 1. The SMILES string of the molecule is CN1CCC(N2CCN(C(=O)COCC3CCCCN3)CC2)CC1. The molecule has 1 N–H and O–H groups in total. The van der Waals surface area contributed by atoms with Gasteiger partial charge in [-0.2, -0.15) is 0 Å². The van der Waals surface area contributed by atoms with Gasteiger partial charge in [-0.15, -0.1) is 0 Å². The molecule has 0 aromatic rings. The number of nitrogens with zero attached hydrogens (tertiary/aromatic N) is 3. The Morgan fingerprint density at radius 2 is 1.79 bits per heavy atom. The van der Waals surface area contributed by atoms with Gasteiger partial charge in [-0.25, -0.2) is 0 Å². The van der Waals surface area contributed by atoms with Gasteiger partial charge >= 0.3 is 0 Å². The van der Waals surface area contributed by atoms with Crippen LogP contribution in [0, 0.1) is 0 Å². The Kier molecular flexibility index (Phi) is 6.89. The molecule has 3 fully saturated rings. The molecule has 3 heterocycles. The zero-order valence-electron chi connectivity index (χ0n) is 15.2. The Labute approximate surface area is 146 Å². The average Bonchev–Trinajstić information content (AvgIpc) is 2.63. The van der Waals surface area contributed by atoms with E-state index < -0.39 is 0 Å². The molecule has 1 amide bonds. The Morgan fingerprint density at radius 3 is 2.46 bits per heavy atom. The topological polar surface area (TPSA) is 48.0 Å². The summed E-state index contributed by atoms with van der Waals surface area (Å²) in [5, 5.41) is 3.46. The van der Waals surface area contributed by atoms with Crippen molar-refractivity contribution in [2.24, 2.45) is 0 Å². The van der Waals surface area contributed by atoms with Crippen molar-refractivity contribution in [1.29, 1.82) is 0 Å². The summed E-state index contributed by atoms with van der Waals surface area (Å²) in [6, 6.07) is 1.15. The zero-order chi connectivity index (χ0) is 16.8. The summed E-state index contributed by atoms with van der Waals surface area (Å²) in [5.41, 5.74) is 0. The van der Waals surface area contributed by atoms with Crippen LogP contribution in [0.5, 0.6) is 0 Å². The van der Waals surface area contributed by atoms with Crippen LogP contribution < -0.4 is 5.32 Å². The maximum absolute atomic E-state index is 12.3. The van der Waals surface area contributed by atoms with Crippen molar-refractivity contribution in [2.75, 3.05) is 66.1 Å². The third-order valence-electron chi connectivity index (χ3n) is 5.83. The van der Waals surface area contributed by atoms with Gasteiger partial charge in [0, 0.05) is 38.3 Å². The molecule has 3 saturated heterocycles. The third kappa shape index (κ3) is 5.15. The molecule has 0 radical (unpaired) electrons. The summed E-state index contributed by atoms with van der Waals surface area (Å²) in [4.78, 5) is 19.3. The minimum Gasteiger partial charge on any atom is -0.370 e. The molecule has 24 heavy (non-hydrogen) atoms. The van der Waals surface area contributed by atoms with Gasteiger partial charge in [0.15, 0.2) is 0 Å². The Bertz CT molecular complexity index is 384. The molecule has 0 bridgehead atoms. The van der Waals surface area contributed by atoms with Crippen molar-refractivity contribution in [3.05, 3.63) is 0 Å². The second kappa shape index (κ2) is 9.13. The maximum Gasteiger partial charge on any atom is 0.248 e. The first-order valence-corrected chi connectivity index (χ1v) is 9.74. The molecule has 0 saturated carbocycles. The number of piperidine rings is 2. The first kappa shape index (κ1) is 18.1. The van der Waals surface area contributed by atoms with Crippen LogP contribution in [0.3, 0.4) is 0 Å². The van der Waals surface area contributed by atoms with Gasteiger partial charge in [-0.3, -0.25) is 9.69 Å². The minimum atomic E-state index is 0.161. The highest BCUT2D eigenvalue weighted by Crippen LogP contribution is 2.17. The Morgan fingerprint density at radius 1 is 1.04 bits per heavy atom. The number of nitrogens with one attached hydrogen (secondary N) is 1. The number of ether oxygens (including phenoxy) is 1. The largest absolute Gasteiger partial charge is 0.370 e. The molecule has 0 aliphatic carbocycles. The normalized spacial score (nSPS) is 28.2. The van der Waals surface area contributed by atoms with E-state index in [9.17, 15) is 4.79 Å².